The van der Waals surface area contributed by atoms with E-state index in [9.17, 15) is 24.6 Å². The van der Waals surface area contributed by atoms with Crippen LogP contribution in [0.1, 0.15) is 18.4 Å². The van der Waals surface area contributed by atoms with Crippen LogP contribution in [0.15, 0.2) is 24.3 Å². The van der Waals surface area contributed by atoms with Crippen molar-refractivity contribution in [2.75, 3.05) is 13.2 Å². The Balaban J connectivity index is 1.97. The molecule has 0 bridgehead atoms. The summed E-state index contributed by atoms with van der Waals surface area (Å²) in [5.41, 5.74) is 6.57. The Morgan fingerprint density at radius 3 is 2.50 bits per heavy atom. The van der Waals surface area contributed by atoms with Crippen molar-refractivity contribution in [1.29, 1.82) is 0 Å². The van der Waals surface area contributed by atoms with Gasteiger partial charge in [0.25, 0.3) is 0 Å². The third-order valence-corrected chi connectivity index (χ3v) is 4.35. The number of phenolic OH excluding ortho intramolecular Hbond substituents is 1. The highest BCUT2D eigenvalue weighted by Crippen LogP contribution is 2.18. The lowest BCUT2D eigenvalue weighted by Gasteiger charge is -2.27. The standard InChI is InChI=1S/C17H23N3O6/c18-12(8-10-3-5-11(22)6-4-10)15(23)19-13(9-21)16(24)20-7-1-2-14(20)17(25)26/h3-6,12-14,21-22H,1-2,7-9,18H2,(H,19,23)(H,25,26)/t12-,13-,14+/m0/s1. The number of nitrogens with zero attached hydrogens (tertiary/aromatic N) is 1. The number of nitrogens with two attached hydrogens (primary N) is 1. The average molecular weight is 365 g/mol. The number of aliphatic hydroxyl groups is 1. The molecule has 2 amide bonds. The molecule has 1 aromatic rings. The van der Waals surface area contributed by atoms with Crippen LogP contribution in [0.3, 0.4) is 0 Å². The number of phenols is 1. The van der Waals surface area contributed by atoms with E-state index in [1.54, 1.807) is 12.1 Å². The van der Waals surface area contributed by atoms with Crippen molar-refractivity contribution >= 4 is 17.8 Å². The van der Waals surface area contributed by atoms with Crippen molar-refractivity contribution in [2.45, 2.75) is 37.4 Å². The van der Waals surface area contributed by atoms with Crippen LogP contribution in [-0.4, -0.2) is 69.3 Å². The van der Waals surface area contributed by atoms with Crippen LogP contribution in [0.4, 0.5) is 0 Å². The number of aliphatic hydroxyl groups excluding tert-OH is 1. The number of rotatable bonds is 7. The summed E-state index contributed by atoms with van der Waals surface area (Å²) < 4.78 is 0. The SMILES string of the molecule is N[C@@H](Cc1ccc(O)cc1)C(=O)N[C@@H](CO)C(=O)N1CCC[C@@H]1C(=O)O. The van der Waals surface area contributed by atoms with Crippen LogP contribution in [-0.2, 0) is 20.8 Å². The number of aliphatic carboxylic acids is 1. The summed E-state index contributed by atoms with van der Waals surface area (Å²) in [6, 6.07) is 3.04. The minimum Gasteiger partial charge on any atom is -0.508 e. The van der Waals surface area contributed by atoms with E-state index in [2.05, 4.69) is 5.32 Å². The van der Waals surface area contributed by atoms with Crippen molar-refractivity contribution < 1.29 is 29.7 Å². The largest absolute Gasteiger partial charge is 0.508 e. The van der Waals surface area contributed by atoms with Crippen LogP contribution in [0, 0.1) is 0 Å². The van der Waals surface area contributed by atoms with Crippen LogP contribution < -0.4 is 11.1 Å². The molecule has 1 aliphatic heterocycles. The summed E-state index contributed by atoms with van der Waals surface area (Å²) in [6.45, 7) is -0.388. The zero-order chi connectivity index (χ0) is 19.3. The van der Waals surface area contributed by atoms with E-state index < -0.39 is 42.5 Å². The molecule has 0 saturated carbocycles. The zero-order valence-corrected chi connectivity index (χ0v) is 14.2. The van der Waals surface area contributed by atoms with Crippen molar-refractivity contribution in [3.8, 4) is 5.75 Å². The van der Waals surface area contributed by atoms with Gasteiger partial charge in [0.15, 0.2) is 0 Å². The Labute approximate surface area is 150 Å². The first-order chi connectivity index (χ1) is 12.3. The summed E-state index contributed by atoms with van der Waals surface area (Å²) in [7, 11) is 0. The lowest BCUT2D eigenvalue weighted by atomic mass is 10.1. The van der Waals surface area contributed by atoms with Crippen molar-refractivity contribution in [3.63, 3.8) is 0 Å². The molecule has 142 valence electrons. The van der Waals surface area contributed by atoms with Crippen molar-refractivity contribution in [1.82, 2.24) is 10.2 Å². The van der Waals surface area contributed by atoms with Gasteiger partial charge in [-0.1, -0.05) is 12.1 Å². The second-order valence-electron chi connectivity index (χ2n) is 6.25. The monoisotopic (exact) mass is 365 g/mol. The molecule has 1 aliphatic rings. The third kappa shape index (κ3) is 4.70. The van der Waals surface area contributed by atoms with Gasteiger partial charge in [-0.15, -0.1) is 0 Å². The third-order valence-electron chi connectivity index (χ3n) is 4.35. The van der Waals surface area contributed by atoms with Gasteiger partial charge in [-0.05, 0) is 37.0 Å². The van der Waals surface area contributed by atoms with Gasteiger partial charge in [0.2, 0.25) is 11.8 Å². The maximum Gasteiger partial charge on any atom is 0.326 e. The number of hydrogen-bond acceptors (Lipinski definition) is 6. The molecule has 6 N–H and O–H groups in total. The molecule has 0 unspecified atom stereocenters. The minimum absolute atomic E-state index is 0.0938. The number of carbonyl (C=O) groups excluding carboxylic acids is 2. The van der Waals surface area contributed by atoms with Crippen molar-refractivity contribution in [3.05, 3.63) is 29.8 Å². The number of likely N-dealkylation sites (tertiary alicyclic amines) is 1. The number of hydrogen-bond donors (Lipinski definition) is 5. The number of amides is 2. The number of carboxylic acid groups (broad SMARTS) is 1. The van der Waals surface area contributed by atoms with E-state index in [0.717, 1.165) is 10.5 Å². The Hall–Kier alpha value is -2.65. The van der Waals surface area contributed by atoms with Gasteiger partial charge in [-0.25, -0.2) is 4.79 Å². The van der Waals surface area contributed by atoms with Gasteiger partial charge in [0.05, 0.1) is 12.6 Å². The summed E-state index contributed by atoms with van der Waals surface area (Å²) in [4.78, 5) is 37.1. The van der Waals surface area contributed by atoms with E-state index in [1.807, 2.05) is 0 Å². The molecular weight excluding hydrogens is 342 g/mol. The first-order valence-corrected chi connectivity index (χ1v) is 8.31. The molecule has 1 heterocycles. The van der Waals surface area contributed by atoms with Gasteiger partial charge in [-0.3, -0.25) is 9.59 Å². The number of benzene rings is 1. The van der Waals surface area contributed by atoms with Gasteiger partial charge < -0.3 is 31.3 Å². The number of nitrogens with one attached hydrogen (secondary N) is 1. The normalized spacial score (nSPS) is 19.0. The molecule has 3 atom stereocenters. The summed E-state index contributed by atoms with van der Waals surface area (Å²) >= 11 is 0. The van der Waals surface area contributed by atoms with E-state index in [0.29, 0.717) is 12.8 Å². The van der Waals surface area contributed by atoms with Crippen LogP contribution in [0.2, 0.25) is 0 Å². The minimum atomic E-state index is -1.24. The Morgan fingerprint density at radius 1 is 1.27 bits per heavy atom. The summed E-state index contributed by atoms with van der Waals surface area (Å²) in [6.07, 6.45) is 1.07. The van der Waals surface area contributed by atoms with Crippen LogP contribution in [0.5, 0.6) is 5.75 Å². The first kappa shape index (κ1) is 19.7. The predicted molar refractivity (Wildman–Crippen MR) is 91.2 cm³/mol. The van der Waals surface area contributed by atoms with E-state index >= 15 is 0 Å². The predicted octanol–water partition coefficient (Wildman–Crippen LogP) is -1.19. The molecule has 0 aromatic heterocycles. The summed E-state index contributed by atoms with van der Waals surface area (Å²) in [5, 5.41) is 30.3. The topological polar surface area (TPSA) is 153 Å². The van der Waals surface area contributed by atoms with Gasteiger partial charge in [0, 0.05) is 6.54 Å². The Kier molecular flexibility index (Phi) is 6.53. The molecule has 1 fully saturated rings. The molecule has 0 radical (unpaired) electrons. The van der Waals surface area contributed by atoms with E-state index in [4.69, 9.17) is 10.8 Å². The quantitative estimate of drug-likeness (QED) is 0.407. The molecular formula is C17H23N3O6. The lowest BCUT2D eigenvalue weighted by Crippen LogP contribution is -2.56. The molecule has 9 nitrogen and oxygen atoms in total. The number of aromatic hydroxyl groups is 1. The fraction of sp³-hybridized carbons (Fsp3) is 0.471. The molecule has 2 rings (SSSR count). The highest BCUT2D eigenvalue weighted by Gasteiger charge is 2.37. The van der Waals surface area contributed by atoms with Gasteiger partial charge >= 0.3 is 5.97 Å². The Bertz CT molecular complexity index is 663. The average Bonchev–Trinajstić information content (AvgIpc) is 3.10. The molecule has 9 heteroatoms. The van der Waals surface area contributed by atoms with Gasteiger partial charge in [-0.2, -0.15) is 0 Å². The molecule has 1 saturated heterocycles. The highest BCUT2D eigenvalue weighted by atomic mass is 16.4. The maximum absolute atomic E-state index is 12.5. The molecule has 26 heavy (non-hydrogen) atoms. The molecule has 0 spiro atoms. The zero-order valence-electron chi connectivity index (χ0n) is 14.2. The highest BCUT2D eigenvalue weighted by molar-refractivity contribution is 5.92. The second kappa shape index (κ2) is 8.63. The van der Waals surface area contributed by atoms with E-state index in [-0.39, 0.29) is 18.7 Å². The molecule has 1 aromatic carbocycles. The summed E-state index contributed by atoms with van der Waals surface area (Å²) in [5.74, 6) is -2.28. The molecule has 0 aliphatic carbocycles. The number of carboxylic acids is 1. The fourth-order valence-corrected chi connectivity index (χ4v) is 2.93. The van der Waals surface area contributed by atoms with Crippen molar-refractivity contribution in [2.24, 2.45) is 5.73 Å². The first-order valence-electron chi connectivity index (χ1n) is 8.31. The smallest absolute Gasteiger partial charge is 0.326 e. The Morgan fingerprint density at radius 2 is 1.92 bits per heavy atom. The van der Waals surface area contributed by atoms with Crippen LogP contribution in [0.25, 0.3) is 0 Å². The fourth-order valence-electron chi connectivity index (χ4n) is 2.93. The lowest BCUT2D eigenvalue weighted by molar-refractivity contribution is -0.149. The van der Waals surface area contributed by atoms with Crippen LogP contribution >= 0.6 is 0 Å². The second-order valence-corrected chi connectivity index (χ2v) is 6.25. The number of carbonyl (C=O) groups is 3. The van der Waals surface area contributed by atoms with E-state index in [1.165, 1.54) is 12.1 Å². The van der Waals surface area contributed by atoms with Gasteiger partial charge in [0.1, 0.15) is 17.8 Å². The maximum atomic E-state index is 12.5.